The Morgan fingerprint density at radius 1 is 1.88 bits per heavy atom. The van der Waals surface area contributed by atoms with Crippen LogP contribution in [0.25, 0.3) is 0 Å². The van der Waals surface area contributed by atoms with Crippen molar-refractivity contribution in [3.8, 4) is 0 Å². The van der Waals surface area contributed by atoms with Crippen LogP contribution in [0.3, 0.4) is 0 Å². The Morgan fingerprint density at radius 2 is 2.38 bits per heavy atom. The van der Waals surface area contributed by atoms with Crippen LogP contribution in [0.4, 0.5) is 4.39 Å². The second-order valence-electron chi connectivity index (χ2n) is 1.06. The van der Waals surface area contributed by atoms with Gasteiger partial charge in [-0.1, -0.05) is 0 Å². The van der Waals surface area contributed by atoms with E-state index in [1.807, 2.05) is 0 Å². The van der Waals surface area contributed by atoms with Gasteiger partial charge in [-0.2, -0.15) is 0 Å². The van der Waals surface area contributed by atoms with E-state index in [0.29, 0.717) is 9.92 Å². The molecule has 0 saturated carbocycles. The number of nitrogens with one attached hydrogen (secondary N) is 2. The SMILES string of the molecule is CN/C(I)=C(/F)C=N. The summed E-state index contributed by atoms with van der Waals surface area (Å²) in [6.07, 6.45) is 0.665. The molecule has 4 heteroatoms. The molecular formula is C4H6FIN2. The molecule has 8 heavy (non-hydrogen) atoms. The van der Waals surface area contributed by atoms with Crippen LogP contribution >= 0.6 is 22.6 Å². The van der Waals surface area contributed by atoms with E-state index < -0.39 is 5.83 Å². The molecule has 0 atom stereocenters. The summed E-state index contributed by atoms with van der Waals surface area (Å²) in [6, 6.07) is 0. The predicted octanol–water partition coefficient (Wildman–Crippen LogP) is 1.43. The highest BCUT2D eigenvalue weighted by Crippen LogP contribution is 2.06. The van der Waals surface area contributed by atoms with E-state index in [0.717, 1.165) is 0 Å². The first-order valence-electron chi connectivity index (χ1n) is 1.96. The van der Waals surface area contributed by atoms with Gasteiger partial charge in [0.2, 0.25) is 0 Å². The highest BCUT2D eigenvalue weighted by atomic mass is 127. The Hall–Kier alpha value is -0.130. The molecule has 0 unspecified atom stereocenters. The van der Waals surface area contributed by atoms with Crippen molar-refractivity contribution in [1.29, 1.82) is 5.41 Å². The summed E-state index contributed by atoms with van der Waals surface area (Å²) in [4.78, 5) is 0. The molecule has 0 fully saturated rings. The third kappa shape index (κ3) is 2.25. The van der Waals surface area contributed by atoms with E-state index >= 15 is 0 Å². The van der Waals surface area contributed by atoms with Crippen LogP contribution in [0.5, 0.6) is 0 Å². The Kier molecular flexibility index (Phi) is 3.76. The zero-order valence-electron chi connectivity index (χ0n) is 4.33. The molecular weight excluding hydrogens is 222 g/mol. The largest absolute Gasteiger partial charge is 0.381 e. The van der Waals surface area contributed by atoms with Gasteiger partial charge in [0, 0.05) is 7.05 Å². The lowest BCUT2D eigenvalue weighted by atomic mass is 10.6. The number of halogens is 2. The molecule has 2 N–H and O–H groups in total. The molecule has 0 aromatic carbocycles. The van der Waals surface area contributed by atoms with E-state index in [1.54, 1.807) is 29.6 Å². The summed E-state index contributed by atoms with van der Waals surface area (Å²) in [6.45, 7) is 0. The smallest absolute Gasteiger partial charge is 0.170 e. The van der Waals surface area contributed by atoms with Crippen molar-refractivity contribution in [3.05, 3.63) is 9.53 Å². The highest BCUT2D eigenvalue weighted by molar-refractivity contribution is 14.1. The van der Waals surface area contributed by atoms with Crippen LogP contribution in [0.1, 0.15) is 0 Å². The first-order chi connectivity index (χ1) is 3.72. The van der Waals surface area contributed by atoms with E-state index in [2.05, 4.69) is 5.32 Å². The molecule has 0 aliphatic rings. The van der Waals surface area contributed by atoms with Gasteiger partial charge < -0.3 is 10.7 Å². The Morgan fingerprint density at radius 3 is 2.50 bits per heavy atom. The lowest BCUT2D eigenvalue weighted by molar-refractivity contribution is 0.674. The molecule has 0 aromatic heterocycles. The van der Waals surface area contributed by atoms with Gasteiger partial charge in [-0.3, -0.25) is 0 Å². The fourth-order valence-corrected chi connectivity index (χ4v) is 0.338. The maximum Gasteiger partial charge on any atom is 0.170 e. The molecule has 0 aromatic rings. The second-order valence-corrected chi connectivity index (χ2v) is 2.14. The zero-order valence-corrected chi connectivity index (χ0v) is 6.49. The minimum Gasteiger partial charge on any atom is -0.381 e. The van der Waals surface area contributed by atoms with Crippen LogP contribution in [-0.2, 0) is 0 Å². The summed E-state index contributed by atoms with van der Waals surface area (Å²) in [7, 11) is 1.60. The first kappa shape index (κ1) is 7.87. The minimum atomic E-state index is -0.534. The van der Waals surface area contributed by atoms with Gasteiger partial charge in [-0.15, -0.1) is 0 Å². The van der Waals surface area contributed by atoms with E-state index in [-0.39, 0.29) is 0 Å². The Bertz CT molecular complexity index is 121. The van der Waals surface area contributed by atoms with Gasteiger partial charge in [-0.25, -0.2) is 4.39 Å². The number of allylic oxidation sites excluding steroid dienone is 1. The van der Waals surface area contributed by atoms with Gasteiger partial charge in [0.1, 0.15) is 3.70 Å². The van der Waals surface area contributed by atoms with Crippen molar-refractivity contribution < 1.29 is 4.39 Å². The van der Waals surface area contributed by atoms with Crippen molar-refractivity contribution in [2.24, 2.45) is 0 Å². The monoisotopic (exact) mass is 228 g/mol. The van der Waals surface area contributed by atoms with E-state index in [1.165, 1.54) is 0 Å². The van der Waals surface area contributed by atoms with Crippen molar-refractivity contribution in [1.82, 2.24) is 5.32 Å². The number of hydrogen-bond donors (Lipinski definition) is 2. The predicted molar refractivity (Wildman–Crippen MR) is 40.0 cm³/mol. The van der Waals surface area contributed by atoms with Crippen LogP contribution < -0.4 is 5.32 Å². The third-order valence-electron chi connectivity index (χ3n) is 0.556. The van der Waals surface area contributed by atoms with Gasteiger partial charge in [0.05, 0.1) is 6.21 Å². The van der Waals surface area contributed by atoms with Gasteiger partial charge >= 0.3 is 0 Å². The summed E-state index contributed by atoms with van der Waals surface area (Å²) in [5.74, 6) is -0.534. The van der Waals surface area contributed by atoms with Gasteiger partial charge in [0.15, 0.2) is 5.83 Å². The van der Waals surface area contributed by atoms with Crippen molar-refractivity contribution in [3.63, 3.8) is 0 Å². The molecule has 0 heterocycles. The second kappa shape index (κ2) is 3.82. The maximum atomic E-state index is 12.1. The summed E-state index contributed by atoms with van der Waals surface area (Å²) in [5.41, 5.74) is 0. The highest BCUT2D eigenvalue weighted by Gasteiger charge is 1.93. The average Bonchev–Trinajstić information content (AvgIpc) is 1.84. The average molecular weight is 228 g/mol. The van der Waals surface area contributed by atoms with Crippen LogP contribution in [-0.4, -0.2) is 13.3 Å². The molecule has 0 saturated heterocycles. The maximum absolute atomic E-state index is 12.1. The van der Waals surface area contributed by atoms with Crippen molar-refractivity contribution >= 4 is 28.8 Å². The summed E-state index contributed by atoms with van der Waals surface area (Å²) < 4.78 is 12.5. The van der Waals surface area contributed by atoms with Crippen molar-refractivity contribution in [2.45, 2.75) is 0 Å². The molecule has 0 bridgehead atoms. The molecule has 2 nitrogen and oxygen atoms in total. The normalized spacial score (nSPS) is 12.4. The molecule has 0 radical (unpaired) electrons. The van der Waals surface area contributed by atoms with E-state index in [9.17, 15) is 4.39 Å². The molecule has 0 aliphatic carbocycles. The third-order valence-corrected chi connectivity index (χ3v) is 1.61. The number of hydrogen-bond acceptors (Lipinski definition) is 2. The topological polar surface area (TPSA) is 35.9 Å². The zero-order chi connectivity index (χ0) is 6.57. The van der Waals surface area contributed by atoms with Crippen molar-refractivity contribution in [2.75, 3.05) is 7.05 Å². The van der Waals surface area contributed by atoms with E-state index in [4.69, 9.17) is 5.41 Å². The quantitative estimate of drug-likeness (QED) is 0.418. The fraction of sp³-hybridized carbons (Fsp3) is 0.250. The fourth-order valence-electron chi connectivity index (χ4n) is 0.183. The van der Waals surface area contributed by atoms with Crippen LogP contribution in [0, 0.1) is 5.41 Å². The van der Waals surface area contributed by atoms with Gasteiger partial charge in [-0.05, 0) is 22.6 Å². The Labute approximate surface area is 60.8 Å². The molecule has 46 valence electrons. The van der Waals surface area contributed by atoms with Gasteiger partial charge in [0.25, 0.3) is 0 Å². The lowest BCUT2D eigenvalue weighted by Gasteiger charge is -1.93. The molecule has 0 spiro atoms. The Balaban J connectivity index is 4.03. The van der Waals surface area contributed by atoms with Crippen LogP contribution in [0.15, 0.2) is 9.53 Å². The lowest BCUT2D eigenvalue weighted by Crippen LogP contribution is -2.00. The first-order valence-corrected chi connectivity index (χ1v) is 3.03. The number of rotatable bonds is 2. The standard InChI is InChI=1S/C4H6FIN2/c1-8-4(6)3(5)2-7/h2,7-8H,1H3/b4-3+,7-2?. The summed E-state index contributed by atoms with van der Waals surface area (Å²) >= 11 is 1.77. The minimum absolute atomic E-state index is 0.359. The molecule has 0 amide bonds. The molecule has 0 rings (SSSR count). The summed E-state index contributed by atoms with van der Waals surface area (Å²) in [5, 5.41) is 9.00. The van der Waals surface area contributed by atoms with Crippen LogP contribution in [0.2, 0.25) is 0 Å². The molecule has 0 aliphatic heterocycles.